The number of phenols is 1. The zero-order valence-electron chi connectivity index (χ0n) is 12.6. The molecule has 0 aliphatic rings. The Kier molecular flexibility index (Phi) is 3.60. The highest BCUT2D eigenvalue weighted by Crippen LogP contribution is 2.30. The number of aromatic hydroxyl groups is 1. The van der Waals surface area contributed by atoms with E-state index < -0.39 is 0 Å². The van der Waals surface area contributed by atoms with Crippen molar-refractivity contribution >= 4 is 22.1 Å². The van der Waals surface area contributed by atoms with Gasteiger partial charge in [0, 0.05) is 11.8 Å². The third-order valence-corrected chi connectivity index (χ3v) is 4.87. The van der Waals surface area contributed by atoms with E-state index >= 15 is 0 Å². The van der Waals surface area contributed by atoms with Gasteiger partial charge in [-0.05, 0) is 44.5 Å². The lowest BCUT2D eigenvalue weighted by molar-refractivity contribution is 0.476. The highest BCUT2D eigenvalue weighted by molar-refractivity contribution is 7.08. The van der Waals surface area contributed by atoms with Crippen molar-refractivity contribution in [2.24, 2.45) is 0 Å². The van der Waals surface area contributed by atoms with Crippen LogP contribution in [0.2, 0.25) is 0 Å². The number of benzene rings is 3. The maximum atomic E-state index is 10.5. The molecule has 0 amide bonds. The molecule has 4 aromatic rings. The molecule has 1 nitrogen and oxygen atoms in total. The molecule has 0 saturated carbocycles. The summed E-state index contributed by atoms with van der Waals surface area (Å²) in [6, 6.07) is 22.7. The summed E-state index contributed by atoms with van der Waals surface area (Å²) in [5.74, 6) is 0.394. The Morgan fingerprint density at radius 3 is 2.39 bits per heavy atom. The molecule has 1 N–H and O–H groups in total. The molecule has 0 saturated heterocycles. The van der Waals surface area contributed by atoms with Crippen LogP contribution < -0.4 is 0 Å². The van der Waals surface area contributed by atoms with Gasteiger partial charge in [0.25, 0.3) is 0 Å². The summed E-state index contributed by atoms with van der Waals surface area (Å²) >= 11 is 1.71. The SMILES string of the molecule is Oc1c(Cc2ccc(-c3ccsc3)cc2)ccc2ccccc12. The van der Waals surface area contributed by atoms with E-state index in [2.05, 4.69) is 47.2 Å². The Balaban J connectivity index is 1.64. The Bertz CT molecular complexity index is 937. The van der Waals surface area contributed by atoms with Crippen LogP contribution in [0.4, 0.5) is 0 Å². The molecule has 0 unspecified atom stereocenters. The van der Waals surface area contributed by atoms with E-state index in [9.17, 15) is 5.11 Å². The molecule has 112 valence electrons. The molecule has 0 bridgehead atoms. The van der Waals surface area contributed by atoms with Crippen LogP contribution in [0, 0.1) is 0 Å². The quantitative estimate of drug-likeness (QED) is 0.501. The van der Waals surface area contributed by atoms with Crippen LogP contribution in [0.5, 0.6) is 5.75 Å². The van der Waals surface area contributed by atoms with Gasteiger partial charge in [0.05, 0.1) is 0 Å². The molecule has 0 atom stereocenters. The second-order valence-electron chi connectivity index (χ2n) is 5.68. The van der Waals surface area contributed by atoms with Crippen molar-refractivity contribution in [1.29, 1.82) is 0 Å². The van der Waals surface area contributed by atoms with E-state index in [0.717, 1.165) is 22.8 Å². The summed E-state index contributed by atoms with van der Waals surface area (Å²) < 4.78 is 0. The standard InChI is InChI=1S/C21H16OS/c22-21-18(10-9-17-3-1-2-4-20(17)21)13-15-5-7-16(8-6-15)19-11-12-23-14-19/h1-12,14,22H,13H2. The molecule has 1 heterocycles. The third kappa shape index (κ3) is 2.73. The van der Waals surface area contributed by atoms with Crippen molar-refractivity contribution in [1.82, 2.24) is 0 Å². The van der Waals surface area contributed by atoms with Gasteiger partial charge in [0.2, 0.25) is 0 Å². The Morgan fingerprint density at radius 1 is 0.783 bits per heavy atom. The zero-order valence-corrected chi connectivity index (χ0v) is 13.4. The summed E-state index contributed by atoms with van der Waals surface area (Å²) in [5, 5.41) is 16.8. The van der Waals surface area contributed by atoms with Crippen molar-refractivity contribution in [3.8, 4) is 16.9 Å². The first-order chi connectivity index (χ1) is 11.3. The molecule has 0 aliphatic carbocycles. The number of fused-ring (bicyclic) bond motifs is 1. The largest absolute Gasteiger partial charge is 0.507 e. The molecule has 4 rings (SSSR count). The number of thiophene rings is 1. The van der Waals surface area contributed by atoms with Gasteiger partial charge in [-0.2, -0.15) is 11.3 Å². The average molecular weight is 316 g/mol. The van der Waals surface area contributed by atoms with Gasteiger partial charge in [0.15, 0.2) is 0 Å². The van der Waals surface area contributed by atoms with E-state index in [1.54, 1.807) is 11.3 Å². The summed E-state index contributed by atoms with van der Waals surface area (Å²) in [7, 11) is 0. The van der Waals surface area contributed by atoms with Gasteiger partial charge < -0.3 is 5.11 Å². The fraction of sp³-hybridized carbons (Fsp3) is 0.0476. The minimum absolute atomic E-state index is 0.394. The summed E-state index contributed by atoms with van der Waals surface area (Å²) in [6.45, 7) is 0. The van der Waals surface area contributed by atoms with Gasteiger partial charge >= 0.3 is 0 Å². The molecular weight excluding hydrogens is 300 g/mol. The third-order valence-electron chi connectivity index (χ3n) is 4.19. The minimum Gasteiger partial charge on any atom is -0.507 e. The second-order valence-corrected chi connectivity index (χ2v) is 6.46. The number of rotatable bonds is 3. The van der Waals surface area contributed by atoms with Crippen LogP contribution in [-0.4, -0.2) is 5.11 Å². The maximum Gasteiger partial charge on any atom is 0.126 e. The minimum atomic E-state index is 0.394. The normalized spacial score (nSPS) is 11.0. The Labute approximate surface area is 139 Å². The summed E-state index contributed by atoms with van der Waals surface area (Å²) in [6.07, 6.45) is 0.737. The molecule has 3 aromatic carbocycles. The van der Waals surface area contributed by atoms with E-state index in [1.807, 2.05) is 30.3 Å². The lowest BCUT2D eigenvalue weighted by atomic mass is 9.98. The summed E-state index contributed by atoms with van der Waals surface area (Å²) in [4.78, 5) is 0. The molecule has 0 spiro atoms. The van der Waals surface area contributed by atoms with Crippen LogP contribution in [0.25, 0.3) is 21.9 Å². The van der Waals surface area contributed by atoms with E-state index in [1.165, 1.54) is 16.7 Å². The fourth-order valence-electron chi connectivity index (χ4n) is 2.91. The van der Waals surface area contributed by atoms with E-state index in [4.69, 9.17) is 0 Å². The van der Waals surface area contributed by atoms with Crippen LogP contribution >= 0.6 is 11.3 Å². The average Bonchev–Trinajstić information content (AvgIpc) is 3.13. The van der Waals surface area contributed by atoms with E-state index in [-0.39, 0.29) is 0 Å². The smallest absolute Gasteiger partial charge is 0.126 e. The van der Waals surface area contributed by atoms with Gasteiger partial charge in [0.1, 0.15) is 5.75 Å². The first kappa shape index (κ1) is 14.0. The van der Waals surface area contributed by atoms with Crippen molar-refractivity contribution in [2.75, 3.05) is 0 Å². The molecule has 1 aromatic heterocycles. The van der Waals surface area contributed by atoms with Crippen LogP contribution in [0.1, 0.15) is 11.1 Å². The number of hydrogen-bond donors (Lipinski definition) is 1. The van der Waals surface area contributed by atoms with Crippen molar-refractivity contribution in [3.63, 3.8) is 0 Å². The molecule has 23 heavy (non-hydrogen) atoms. The van der Waals surface area contributed by atoms with Crippen molar-refractivity contribution in [2.45, 2.75) is 6.42 Å². The summed E-state index contributed by atoms with van der Waals surface area (Å²) in [5.41, 5.74) is 4.66. The van der Waals surface area contributed by atoms with Crippen LogP contribution in [0.3, 0.4) is 0 Å². The topological polar surface area (TPSA) is 20.2 Å². The highest BCUT2D eigenvalue weighted by atomic mass is 32.1. The second kappa shape index (κ2) is 5.90. The molecule has 0 aliphatic heterocycles. The Hall–Kier alpha value is -2.58. The predicted molar refractivity (Wildman–Crippen MR) is 98.2 cm³/mol. The van der Waals surface area contributed by atoms with Gasteiger partial charge in [-0.1, -0.05) is 60.7 Å². The highest BCUT2D eigenvalue weighted by Gasteiger charge is 2.07. The first-order valence-corrected chi connectivity index (χ1v) is 8.57. The zero-order chi connectivity index (χ0) is 15.6. The molecule has 0 fully saturated rings. The molecule has 0 radical (unpaired) electrons. The monoisotopic (exact) mass is 316 g/mol. The molecular formula is C21H16OS. The number of hydrogen-bond acceptors (Lipinski definition) is 2. The first-order valence-electron chi connectivity index (χ1n) is 7.62. The van der Waals surface area contributed by atoms with Gasteiger partial charge in [-0.3, -0.25) is 0 Å². The van der Waals surface area contributed by atoms with Gasteiger partial charge in [-0.25, -0.2) is 0 Å². The lowest BCUT2D eigenvalue weighted by Crippen LogP contribution is -1.90. The van der Waals surface area contributed by atoms with Crippen molar-refractivity contribution in [3.05, 3.63) is 88.6 Å². The molecule has 2 heteroatoms. The fourth-order valence-corrected chi connectivity index (χ4v) is 3.57. The van der Waals surface area contributed by atoms with Gasteiger partial charge in [-0.15, -0.1) is 0 Å². The predicted octanol–water partition coefficient (Wildman–Crippen LogP) is 5.86. The van der Waals surface area contributed by atoms with Crippen LogP contribution in [-0.2, 0) is 6.42 Å². The van der Waals surface area contributed by atoms with Crippen molar-refractivity contribution < 1.29 is 5.11 Å². The number of phenolic OH excluding ortho intramolecular Hbond substituents is 1. The Morgan fingerprint density at radius 2 is 1.61 bits per heavy atom. The van der Waals surface area contributed by atoms with E-state index in [0.29, 0.717) is 5.75 Å². The van der Waals surface area contributed by atoms with Crippen LogP contribution in [0.15, 0.2) is 77.5 Å². The maximum absolute atomic E-state index is 10.5. The lowest BCUT2D eigenvalue weighted by Gasteiger charge is -2.09.